The van der Waals surface area contributed by atoms with Crippen molar-refractivity contribution >= 4 is 17.3 Å². The van der Waals surface area contributed by atoms with Crippen molar-refractivity contribution in [2.45, 2.75) is 25.5 Å². The van der Waals surface area contributed by atoms with Gasteiger partial charge in [0.25, 0.3) is 0 Å². The Hall–Kier alpha value is -2.22. The Bertz CT molecular complexity index is 757. The van der Waals surface area contributed by atoms with Crippen LogP contribution < -0.4 is 10.1 Å². The van der Waals surface area contributed by atoms with Crippen molar-refractivity contribution in [3.05, 3.63) is 58.6 Å². The largest absolute Gasteiger partial charge is 0.491 e. The zero-order chi connectivity index (χ0) is 16.9. The molecule has 0 amide bonds. The number of aryl methyl sites for hydroxylation is 1. The van der Waals surface area contributed by atoms with Gasteiger partial charge in [0.05, 0.1) is 23.9 Å². The molecule has 4 nitrogen and oxygen atoms in total. The first kappa shape index (κ1) is 16.6. The van der Waals surface area contributed by atoms with Crippen molar-refractivity contribution in [1.29, 1.82) is 5.26 Å². The van der Waals surface area contributed by atoms with Gasteiger partial charge < -0.3 is 15.2 Å². The molecule has 0 spiro atoms. The van der Waals surface area contributed by atoms with Gasteiger partial charge in [-0.15, -0.1) is 0 Å². The first-order chi connectivity index (χ1) is 11.7. The van der Waals surface area contributed by atoms with Crippen LogP contribution in [0.3, 0.4) is 0 Å². The molecule has 1 heterocycles. The minimum atomic E-state index is -0.695. The topological polar surface area (TPSA) is 65.3 Å². The van der Waals surface area contributed by atoms with E-state index in [1.165, 1.54) is 5.56 Å². The molecule has 2 aromatic carbocycles. The van der Waals surface area contributed by atoms with Crippen LogP contribution in [0.2, 0.25) is 5.02 Å². The highest BCUT2D eigenvalue weighted by atomic mass is 35.5. The zero-order valence-electron chi connectivity index (χ0n) is 13.2. The van der Waals surface area contributed by atoms with Gasteiger partial charge in [-0.05, 0) is 55.2 Å². The molecule has 0 bridgehead atoms. The quantitative estimate of drug-likeness (QED) is 0.882. The fraction of sp³-hybridized carbons (Fsp3) is 0.316. The maximum Gasteiger partial charge on any atom is 0.142 e. The summed E-state index contributed by atoms with van der Waals surface area (Å²) in [4.78, 5) is 0. The molecule has 2 aromatic rings. The molecule has 0 radical (unpaired) electrons. The van der Waals surface area contributed by atoms with Gasteiger partial charge in [0.2, 0.25) is 0 Å². The summed E-state index contributed by atoms with van der Waals surface area (Å²) in [7, 11) is 0. The summed E-state index contributed by atoms with van der Waals surface area (Å²) in [5, 5.41) is 23.2. The van der Waals surface area contributed by atoms with E-state index in [1.54, 1.807) is 18.2 Å². The molecule has 24 heavy (non-hydrogen) atoms. The second-order valence-electron chi connectivity index (χ2n) is 6.01. The third-order valence-electron chi connectivity index (χ3n) is 4.24. The van der Waals surface area contributed by atoms with Crippen molar-refractivity contribution in [3.63, 3.8) is 0 Å². The third kappa shape index (κ3) is 4.00. The molecule has 2 unspecified atom stereocenters. The van der Waals surface area contributed by atoms with Crippen LogP contribution in [0.1, 0.15) is 24.0 Å². The molecule has 0 saturated carbocycles. The van der Waals surface area contributed by atoms with E-state index in [0.29, 0.717) is 23.6 Å². The molecule has 124 valence electrons. The van der Waals surface area contributed by atoms with E-state index in [4.69, 9.17) is 21.6 Å². The highest BCUT2D eigenvalue weighted by molar-refractivity contribution is 6.30. The van der Waals surface area contributed by atoms with E-state index in [9.17, 15) is 5.11 Å². The number of hydrogen-bond acceptors (Lipinski definition) is 4. The lowest BCUT2D eigenvalue weighted by molar-refractivity contribution is 0.0967. The number of aliphatic hydroxyl groups excluding tert-OH is 1. The van der Waals surface area contributed by atoms with Crippen LogP contribution >= 0.6 is 11.6 Å². The molecule has 5 heteroatoms. The number of ether oxygens (including phenoxy) is 1. The van der Waals surface area contributed by atoms with Crippen LogP contribution in [0.25, 0.3) is 0 Å². The molecule has 2 N–H and O–H groups in total. The molecule has 0 aromatic heterocycles. The minimum absolute atomic E-state index is 0.0119. The first-order valence-electron chi connectivity index (χ1n) is 8.02. The van der Waals surface area contributed by atoms with Gasteiger partial charge in [-0.25, -0.2) is 0 Å². The SMILES string of the molecule is N#Cc1ccc2c(c1)NC(O)C(CCCc1cccc(Cl)c1)CO2. The van der Waals surface area contributed by atoms with Crippen LogP contribution in [0, 0.1) is 17.2 Å². The lowest BCUT2D eigenvalue weighted by Gasteiger charge is -2.20. The summed E-state index contributed by atoms with van der Waals surface area (Å²) in [6, 6.07) is 15.1. The summed E-state index contributed by atoms with van der Waals surface area (Å²) in [6.07, 6.45) is 1.99. The highest BCUT2D eigenvalue weighted by Gasteiger charge is 2.24. The van der Waals surface area contributed by atoms with Gasteiger partial charge in [0, 0.05) is 10.9 Å². The number of nitrogens with zero attached hydrogens (tertiary/aromatic N) is 1. The van der Waals surface area contributed by atoms with Crippen LogP contribution in [0.4, 0.5) is 5.69 Å². The summed E-state index contributed by atoms with van der Waals surface area (Å²) >= 11 is 6.00. The Balaban J connectivity index is 1.59. The van der Waals surface area contributed by atoms with Crippen molar-refractivity contribution in [2.24, 2.45) is 5.92 Å². The summed E-state index contributed by atoms with van der Waals surface area (Å²) in [5.74, 6) is 0.660. The number of nitrogens with one attached hydrogen (secondary N) is 1. The van der Waals surface area contributed by atoms with Gasteiger partial charge in [0.1, 0.15) is 12.0 Å². The van der Waals surface area contributed by atoms with E-state index in [2.05, 4.69) is 17.5 Å². The van der Waals surface area contributed by atoms with Gasteiger partial charge in [0.15, 0.2) is 0 Å². The fourth-order valence-electron chi connectivity index (χ4n) is 2.91. The predicted molar refractivity (Wildman–Crippen MR) is 94.2 cm³/mol. The monoisotopic (exact) mass is 342 g/mol. The Morgan fingerprint density at radius 3 is 2.96 bits per heavy atom. The number of anilines is 1. The number of fused-ring (bicyclic) bond motifs is 1. The second-order valence-corrected chi connectivity index (χ2v) is 6.44. The molecule has 0 saturated heterocycles. The molecule has 0 aliphatic carbocycles. The first-order valence-corrected chi connectivity index (χ1v) is 8.39. The smallest absolute Gasteiger partial charge is 0.142 e. The third-order valence-corrected chi connectivity index (χ3v) is 4.48. The lowest BCUT2D eigenvalue weighted by atomic mass is 9.98. The number of aliphatic hydroxyl groups is 1. The average Bonchev–Trinajstić information content (AvgIpc) is 2.73. The molecular weight excluding hydrogens is 324 g/mol. The number of rotatable bonds is 4. The van der Waals surface area contributed by atoms with Crippen molar-refractivity contribution in [2.75, 3.05) is 11.9 Å². The molecule has 0 fully saturated rings. The number of nitriles is 1. The number of hydrogen-bond donors (Lipinski definition) is 2. The number of halogens is 1. The summed E-state index contributed by atoms with van der Waals surface area (Å²) in [5.41, 5.74) is 2.40. The maximum atomic E-state index is 10.4. The second kappa shape index (κ2) is 7.57. The molecular formula is C19H19ClN2O2. The average molecular weight is 343 g/mol. The van der Waals surface area contributed by atoms with Crippen LogP contribution in [0.15, 0.2) is 42.5 Å². The molecule has 1 aliphatic heterocycles. The molecule has 1 aliphatic rings. The molecule has 2 atom stereocenters. The Morgan fingerprint density at radius 1 is 1.29 bits per heavy atom. The predicted octanol–water partition coefficient (Wildman–Crippen LogP) is 3.97. The van der Waals surface area contributed by atoms with E-state index in [1.807, 2.05) is 18.2 Å². The van der Waals surface area contributed by atoms with Gasteiger partial charge in [-0.2, -0.15) is 5.26 Å². The normalized spacial score (nSPS) is 19.4. The summed E-state index contributed by atoms with van der Waals surface area (Å²) < 4.78 is 5.80. The Labute approximate surface area is 146 Å². The highest BCUT2D eigenvalue weighted by Crippen LogP contribution is 2.31. The van der Waals surface area contributed by atoms with Crippen molar-refractivity contribution in [1.82, 2.24) is 0 Å². The van der Waals surface area contributed by atoms with Crippen LogP contribution in [-0.4, -0.2) is 17.9 Å². The van der Waals surface area contributed by atoms with Gasteiger partial charge >= 0.3 is 0 Å². The Kier molecular flexibility index (Phi) is 5.24. The van der Waals surface area contributed by atoms with E-state index >= 15 is 0 Å². The summed E-state index contributed by atoms with van der Waals surface area (Å²) in [6.45, 7) is 0.447. The van der Waals surface area contributed by atoms with Gasteiger partial charge in [-0.1, -0.05) is 23.7 Å². The van der Waals surface area contributed by atoms with Crippen molar-refractivity contribution in [3.8, 4) is 11.8 Å². The van der Waals surface area contributed by atoms with E-state index in [0.717, 1.165) is 24.3 Å². The standard InChI is InChI=1S/C19H19ClN2O2/c20-16-6-2-4-13(9-16)3-1-5-15-12-24-18-8-7-14(11-21)10-17(18)22-19(15)23/h2,4,6-10,15,19,22-23H,1,3,5,12H2. The van der Waals surface area contributed by atoms with E-state index < -0.39 is 6.23 Å². The molecule has 3 rings (SSSR count). The number of benzene rings is 2. The van der Waals surface area contributed by atoms with Crippen LogP contribution in [-0.2, 0) is 6.42 Å². The Morgan fingerprint density at radius 2 is 2.17 bits per heavy atom. The van der Waals surface area contributed by atoms with Crippen LogP contribution in [0.5, 0.6) is 5.75 Å². The van der Waals surface area contributed by atoms with E-state index in [-0.39, 0.29) is 5.92 Å². The lowest BCUT2D eigenvalue weighted by Crippen LogP contribution is -2.30. The van der Waals surface area contributed by atoms with Gasteiger partial charge in [-0.3, -0.25) is 0 Å². The minimum Gasteiger partial charge on any atom is -0.491 e. The fourth-order valence-corrected chi connectivity index (χ4v) is 3.12. The zero-order valence-corrected chi connectivity index (χ0v) is 14.0. The maximum absolute atomic E-state index is 10.4. The van der Waals surface area contributed by atoms with Crippen molar-refractivity contribution < 1.29 is 9.84 Å².